The number of benzene rings is 1. The van der Waals surface area contributed by atoms with Crippen LogP contribution < -0.4 is 4.74 Å². The molecule has 4 nitrogen and oxygen atoms in total. The molecule has 0 saturated heterocycles. The van der Waals surface area contributed by atoms with Crippen molar-refractivity contribution in [3.63, 3.8) is 0 Å². The van der Waals surface area contributed by atoms with Gasteiger partial charge in [-0.05, 0) is 25.5 Å². The topological polar surface area (TPSA) is 52.6 Å². The van der Waals surface area contributed by atoms with E-state index in [1.165, 1.54) is 0 Å². The van der Waals surface area contributed by atoms with E-state index < -0.39 is 6.10 Å². The van der Waals surface area contributed by atoms with E-state index in [2.05, 4.69) is 0 Å². The third-order valence-corrected chi connectivity index (χ3v) is 2.19. The molecule has 0 bridgehead atoms. The highest BCUT2D eigenvalue weighted by molar-refractivity contribution is 5.76. The average Bonchev–Trinajstić information content (AvgIpc) is 2.36. The van der Waals surface area contributed by atoms with Crippen LogP contribution in [0, 0.1) is 0 Å². The van der Waals surface area contributed by atoms with Crippen molar-refractivity contribution < 1.29 is 19.1 Å². The van der Waals surface area contributed by atoms with Crippen LogP contribution in [0.3, 0.4) is 0 Å². The molecule has 0 amide bonds. The molecule has 4 heteroatoms. The Balaban J connectivity index is 2.72. The summed E-state index contributed by atoms with van der Waals surface area (Å²) in [5.41, 5.74) is 0.515. The van der Waals surface area contributed by atoms with Crippen molar-refractivity contribution in [2.24, 2.45) is 0 Å². The highest BCUT2D eigenvalue weighted by Crippen LogP contribution is 2.15. The molecule has 1 aromatic rings. The largest absolute Gasteiger partial charge is 0.479 e. The number of hydrogen-bond acceptors (Lipinski definition) is 4. The van der Waals surface area contributed by atoms with Gasteiger partial charge in [0, 0.05) is 5.56 Å². The molecule has 1 aromatic carbocycles. The SMILES string of the molecule is CCOC(=O)[C@@H](CC)Oc1cccc(C=O)c1. The van der Waals surface area contributed by atoms with Gasteiger partial charge in [-0.1, -0.05) is 19.1 Å². The molecule has 0 heterocycles. The third kappa shape index (κ3) is 3.90. The Morgan fingerprint density at radius 1 is 1.41 bits per heavy atom. The molecule has 0 aliphatic carbocycles. The zero-order valence-corrected chi connectivity index (χ0v) is 10.0. The molecule has 0 aliphatic heterocycles. The molecule has 0 spiro atoms. The maximum atomic E-state index is 11.5. The monoisotopic (exact) mass is 236 g/mol. The molecule has 92 valence electrons. The van der Waals surface area contributed by atoms with Crippen LogP contribution in [0.1, 0.15) is 30.6 Å². The van der Waals surface area contributed by atoms with Gasteiger partial charge in [0.15, 0.2) is 6.10 Å². The molecule has 0 N–H and O–H groups in total. The molecular formula is C13H16O4. The standard InChI is InChI=1S/C13H16O4/c1-3-12(13(15)16-4-2)17-11-7-5-6-10(8-11)9-14/h5-9,12H,3-4H2,1-2H3/t12-/m1/s1. The van der Waals surface area contributed by atoms with Crippen LogP contribution in [0.25, 0.3) is 0 Å². The number of carbonyl (C=O) groups excluding carboxylic acids is 2. The van der Waals surface area contributed by atoms with Crippen molar-refractivity contribution in [1.29, 1.82) is 0 Å². The summed E-state index contributed by atoms with van der Waals surface area (Å²) in [5.74, 6) is 0.112. The summed E-state index contributed by atoms with van der Waals surface area (Å²) in [5, 5.41) is 0. The lowest BCUT2D eigenvalue weighted by Gasteiger charge is -2.16. The van der Waals surface area contributed by atoms with Crippen molar-refractivity contribution in [1.82, 2.24) is 0 Å². The Hall–Kier alpha value is -1.84. The number of carbonyl (C=O) groups is 2. The number of rotatable bonds is 6. The van der Waals surface area contributed by atoms with E-state index in [0.29, 0.717) is 24.3 Å². The molecule has 17 heavy (non-hydrogen) atoms. The first-order valence-corrected chi connectivity index (χ1v) is 5.59. The van der Waals surface area contributed by atoms with Gasteiger partial charge in [0.1, 0.15) is 12.0 Å². The maximum absolute atomic E-state index is 11.5. The maximum Gasteiger partial charge on any atom is 0.347 e. The van der Waals surface area contributed by atoms with Gasteiger partial charge >= 0.3 is 5.97 Å². The molecule has 0 aromatic heterocycles. The number of esters is 1. The quantitative estimate of drug-likeness (QED) is 0.561. The fraction of sp³-hybridized carbons (Fsp3) is 0.385. The lowest BCUT2D eigenvalue weighted by molar-refractivity contribution is -0.151. The van der Waals surface area contributed by atoms with E-state index >= 15 is 0 Å². The van der Waals surface area contributed by atoms with E-state index in [4.69, 9.17) is 9.47 Å². The minimum absolute atomic E-state index is 0.326. The van der Waals surface area contributed by atoms with E-state index in [0.717, 1.165) is 6.29 Å². The van der Waals surface area contributed by atoms with Crippen molar-refractivity contribution in [3.8, 4) is 5.75 Å². The van der Waals surface area contributed by atoms with E-state index in [1.54, 1.807) is 31.2 Å². The first kappa shape index (κ1) is 13.2. The highest BCUT2D eigenvalue weighted by atomic mass is 16.6. The van der Waals surface area contributed by atoms with E-state index in [9.17, 15) is 9.59 Å². The summed E-state index contributed by atoms with van der Waals surface area (Å²) in [6.45, 7) is 3.91. The van der Waals surface area contributed by atoms with Crippen LogP contribution in [0.5, 0.6) is 5.75 Å². The van der Waals surface area contributed by atoms with Gasteiger partial charge in [-0.25, -0.2) is 4.79 Å². The molecule has 0 unspecified atom stereocenters. The molecule has 1 atom stereocenters. The Kier molecular flexibility index (Phi) is 5.20. The molecule has 1 rings (SSSR count). The van der Waals surface area contributed by atoms with Crippen LogP contribution in [0.4, 0.5) is 0 Å². The predicted molar refractivity (Wildman–Crippen MR) is 63.2 cm³/mol. The third-order valence-electron chi connectivity index (χ3n) is 2.19. The van der Waals surface area contributed by atoms with Gasteiger partial charge in [-0.2, -0.15) is 0 Å². The highest BCUT2D eigenvalue weighted by Gasteiger charge is 2.19. The summed E-state index contributed by atoms with van der Waals surface area (Å²) in [6, 6.07) is 6.67. The number of ether oxygens (including phenoxy) is 2. The van der Waals surface area contributed by atoms with Crippen LogP contribution >= 0.6 is 0 Å². The smallest absolute Gasteiger partial charge is 0.347 e. The van der Waals surface area contributed by atoms with E-state index in [1.807, 2.05) is 6.92 Å². The summed E-state index contributed by atoms with van der Waals surface area (Å²) in [7, 11) is 0. The fourth-order valence-corrected chi connectivity index (χ4v) is 1.36. The zero-order valence-electron chi connectivity index (χ0n) is 10.0. The summed E-state index contributed by atoms with van der Waals surface area (Å²) in [6.07, 6.45) is 0.624. The normalized spacial score (nSPS) is 11.6. The summed E-state index contributed by atoms with van der Waals surface area (Å²) in [4.78, 5) is 22.1. The fourth-order valence-electron chi connectivity index (χ4n) is 1.36. The van der Waals surface area contributed by atoms with Gasteiger partial charge in [0.25, 0.3) is 0 Å². The predicted octanol–water partition coefficient (Wildman–Crippen LogP) is 2.22. The summed E-state index contributed by atoms with van der Waals surface area (Å²) >= 11 is 0. The minimum atomic E-state index is -0.628. The van der Waals surface area contributed by atoms with Crippen molar-refractivity contribution >= 4 is 12.3 Å². The Bertz CT molecular complexity index is 387. The van der Waals surface area contributed by atoms with Gasteiger partial charge < -0.3 is 9.47 Å². The molecular weight excluding hydrogens is 220 g/mol. The molecule has 0 radical (unpaired) electrons. The van der Waals surface area contributed by atoms with Crippen LogP contribution in [-0.2, 0) is 9.53 Å². The Morgan fingerprint density at radius 3 is 2.76 bits per heavy atom. The number of aldehydes is 1. The Morgan fingerprint density at radius 2 is 2.18 bits per heavy atom. The van der Waals surface area contributed by atoms with Gasteiger partial charge in [0.05, 0.1) is 6.61 Å². The Labute approximate surface area is 101 Å². The molecule has 0 saturated carbocycles. The zero-order chi connectivity index (χ0) is 12.7. The molecule has 0 aliphatic rings. The second-order valence-corrected chi connectivity index (χ2v) is 3.46. The van der Waals surface area contributed by atoms with Gasteiger partial charge in [-0.3, -0.25) is 4.79 Å². The summed E-state index contributed by atoms with van der Waals surface area (Å²) < 4.78 is 10.4. The van der Waals surface area contributed by atoms with Crippen LogP contribution in [0.2, 0.25) is 0 Å². The van der Waals surface area contributed by atoms with Crippen molar-refractivity contribution in [2.45, 2.75) is 26.4 Å². The van der Waals surface area contributed by atoms with Crippen molar-refractivity contribution in [3.05, 3.63) is 29.8 Å². The van der Waals surface area contributed by atoms with Gasteiger partial charge in [0.2, 0.25) is 0 Å². The second kappa shape index (κ2) is 6.68. The lowest BCUT2D eigenvalue weighted by atomic mass is 10.2. The first-order valence-electron chi connectivity index (χ1n) is 5.59. The lowest BCUT2D eigenvalue weighted by Crippen LogP contribution is -2.28. The van der Waals surface area contributed by atoms with Crippen molar-refractivity contribution in [2.75, 3.05) is 6.61 Å². The average molecular weight is 236 g/mol. The van der Waals surface area contributed by atoms with Crippen LogP contribution in [-0.4, -0.2) is 25.0 Å². The van der Waals surface area contributed by atoms with E-state index in [-0.39, 0.29) is 5.97 Å². The molecule has 0 fully saturated rings. The second-order valence-electron chi connectivity index (χ2n) is 3.46. The minimum Gasteiger partial charge on any atom is -0.479 e. The van der Waals surface area contributed by atoms with Gasteiger partial charge in [-0.15, -0.1) is 0 Å². The first-order chi connectivity index (χ1) is 8.21. The van der Waals surface area contributed by atoms with Crippen LogP contribution in [0.15, 0.2) is 24.3 Å². The number of hydrogen-bond donors (Lipinski definition) is 0.